The van der Waals surface area contributed by atoms with Crippen molar-refractivity contribution in [1.29, 1.82) is 0 Å². The number of aromatic hydroxyl groups is 1. The number of esters is 1. The second-order valence-corrected chi connectivity index (χ2v) is 11.0. The van der Waals surface area contributed by atoms with Crippen molar-refractivity contribution in [3.63, 3.8) is 0 Å². The van der Waals surface area contributed by atoms with Crippen LogP contribution in [0, 0.1) is 22.7 Å². The summed E-state index contributed by atoms with van der Waals surface area (Å²) in [4.78, 5) is 39.7. The van der Waals surface area contributed by atoms with Gasteiger partial charge in [-0.3, -0.25) is 19.3 Å². The molecule has 0 bridgehead atoms. The Morgan fingerprint density at radius 1 is 1.17 bits per heavy atom. The van der Waals surface area contributed by atoms with E-state index in [4.69, 9.17) is 4.74 Å². The monoisotopic (exact) mass is 479 g/mol. The number of hydrogen-bond acceptors (Lipinski definition) is 5. The smallest absolute Gasteiger partial charge is 0.311 e. The predicted octanol–water partition coefficient (Wildman–Crippen LogP) is 4.96. The highest BCUT2D eigenvalue weighted by molar-refractivity contribution is 6.16. The lowest BCUT2D eigenvalue weighted by Gasteiger charge is -2.57. The van der Waals surface area contributed by atoms with Crippen LogP contribution in [0.25, 0.3) is 0 Å². The van der Waals surface area contributed by atoms with Crippen LogP contribution in [-0.2, 0) is 25.5 Å². The molecule has 6 heteroatoms. The Bertz CT molecular complexity index is 1060. The molecule has 2 aliphatic carbocycles. The summed E-state index contributed by atoms with van der Waals surface area (Å²) >= 11 is 0. The third-order valence-electron chi connectivity index (χ3n) is 9.02. The van der Waals surface area contributed by atoms with Crippen molar-refractivity contribution < 1.29 is 24.2 Å². The fraction of sp³-hybridized carbons (Fsp3) is 0.552. The molecule has 0 spiro atoms. The van der Waals surface area contributed by atoms with E-state index < -0.39 is 5.41 Å². The molecular weight excluding hydrogens is 442 g/mol. The largest absolute Gasteiger partial charge is 0.508 e. The van der Waals surface area contributed by atoms with E-state index in [-0.39, 0.29) is 40.8 Å². The van der Waals surface area contributed by atoms with Crippen molar-refractivity contribution in [2.45, 2.75) is 65.2 Å². The highest BCUT2D eigenvalue weighted by atomic mass is 16.5. The van der Waals surface area contributed by atoms with E-state index in [2.05, 4.69) is 20.4 Å². The number of ether oxygens (including phenoxy) is 1. The molecule has 1 N–H and O–H groups in total. The highest BCUT2D eigenvalue weighted by Gasteiger charge is 2.57. The molecular formula is C29H37NO5. The molecule has 3 aliphatic rings. The Labute approximate surface area is 208 Å². The van der Waals surface area contributed by atoms with Crippen molar-refractivity contribution in [2.24, 2.45) is 22.7 Å². The average molecular weight is 480 g/mol. The van der Waals surface area contributed by atoms with Crippen LogP contribution in [0.15, 0.2) is 48.1 Å². The normalized spacial score (nSPS) is 30.8. The first-order chi connectivity index (χ1) is 16.6. The Kier molecular flexibility index (Phi) is 6.94. The molecule has 0 radical (unpaired) electrons. The van der Waals surface area contributed by atoms with Gasteiger partial charge in [0.1, 0.15) is 5.75 Å². The summed E-state index contributed by atoms with van der Waals surface area (Å²) in [6.07, 6.45) is 7.96. The molecule has 1 heterocycles. The summed E-state index contributed by atoms with van der Waals surface area (Å²) in [7, 11) is 1.47. The van der Waals surface area contributed by atoms with E-state index in [0.717, 1.165) is 44.1 Å². The third kappa shape index (κ3) is 4.55. The minimum absolute atomic E-state index is 0.0820. The van der Waals surface area contributed by atoms with Crippen LogP contribution >= 0.6 is 0 Å². The molecule has 1 aliphatic heterocycles. The van der Waals surface area contributed by atoms with Gasteiger partial charge in [0, 0.05) is 18.2 Å². The van der Waals surface area contributed by atoms with Crippen molar-refractivity contribution in [2.75, 3.05) is 13.7 Å². The third-order valence-corrected chi connectivity index (χ3v) is 9.02. The fourth-order valence-electron chi connectivity index (χ4n) is 7.12. The zero-order valence-corrected chi connectivity index (χ0v) is 21.1. The van der Waals surface area contributed by atoms with Gasteiger partial charge >= 0.3 is 5.97 Å². The van der Waals surface area contributed by atoms with Gasteiger partial charge in [-0.25, -0.2) is 0 Å². The average Bonchev–Trinajstić information content (AvgIpc) is 3.09. The van der Waals surface area contributed by atoms with E-state index in [1.807, 2.05) is 0 Å². The SMILES string of the molecule is C=C1CC[C@H]2[C@](C)(CCC[C@]2(C)C(=O)OC)[C@H]1CCC1=CC(=O)N(CCc2ccc(O)cc2)C1=O. The van der Waals surface area contributed by atoms with Crippen molar-refractivity contribution in [3.8, 4) is 5.75 Å². The first-order valence-electron chi connectivity index (χ1n) is 12.7. The quantitative estimate of drug-likeness (QED) is 0.339. The lowest BCUT2D eigenvalue weighted by atomic mass is 9.46. The van der Waals surface area contributed by atoms with Gasteiger partial charge in [-0.05, 0) is 86.8 Å². The van der Waals surface area contributed by atoms with Gasteiger partial charge < -0.3 is 9.84 Å². The Morgan fingerprint density at radius 2 is 1.89 bits per heavy atom. The zero-order valence-electron chi connectivity index (χ0n) is 21.1. The number of fused-ring (bicyclic) bond motifs is 1. The molecule has 4 atom stereocenters. The van der Waals surface area contributed by atoms with Crippen LogP contribution < -0.4 is 0 Å². The van der Waals surface area contributed by atoms with E-state index in [1.54, 1.807) is 24.3 Å². The van der Waals surface area contributed by atoms with Gasteiger partial charge in [0.2, 0.25) is 0 Å². The predicted molar refractivity (Wildman–Crippen MR) is 133 cm³/mol. The second kappa shape index (κ2) is 9.63. The summed E-state index contributed by atoms with van der Waals surface area (Å²) in [5.41, 5.74) is 2.14. The van der Waals surface area contributed by atoms with Crippen LogP contribution in [0.2, 0.25) is 0 Å². The van der Waals surface area contributed by atoms with Gasteiger partial charge in [0.15, 0.2) is 0 Å². The van der Waals surface area contributed by atoms with E-state index in [1.165, 1.54) is 23.7 Å². The molecule has 35 heavy (non-hydrogen) atoms. The number of amides is 2. The minimum Gasteiger partial charge on any atom is -0.508 e. The number of hydrogen-bond donors (Lipinski definition) is 1. The standard InChI is InChI=1S/C29H37NO5/c1-19-6-13-24-28(2,15-5-16-29(24,3)27(34)35-4)23(19)12-9-21-18-25(32)30(26(21)33)17-14-20-7-10-22(31)11-8-20/h7-8,10-11,18,23-24,31H,1,5-6,9,12-17H2,2-4H3/t23-,24-,28+,29-/m0/s1. The van der Waals surface area contributed by atoms with Crippen LogP contribution in [0.3, 0.4) is 0 Å². The number of phenols is 1. The zero-order chi connectivity index (χ0) is 25.4. The summed E-state index contributed by atoms with van der Waals surface area (Å²) in [6, 6.07) is 6.81. The van der Waals surface area contributed by atoms with Crippen LogP contribution in [0.4, 0.5) is 0 Å². The Balaban J connectivity index is 1.43. The molecule has 1 aromatic carbocycles. The maximum absolute atomic E-state index is 13.1. The molecule has 0 aromatic heterocycles. The lowest BCUT2D eigenvalue weighted by molar-refractivity contribution is -0.168. The number of carbonyl (C=O) groups is 3. The number of benzene rings is 1. The van der Waals surface area contributed by atoms with Crippen molar-refractivity contribution in [3.05, 3.63) is 53.6 Å². The number of phenolic OH excluding ortho intramolecular Hbond substituents is 1. The molecule has 6 nitrogen and oxygen atoms in total. The molecule has 0 saturated heterocycles. The fourth-order valence-corrected chi connectivity index (χ4v) is 7.12. The topological polar surface area (TPSA) is 83.9 Å². The molecule has 4 rings (SSSR count). The van der Waals surface area contributed by atoms with Gasteiger partial charge in [-0.15, -0.1) is 0 Å². The van der Waals surface area contributed by atoms with Crippen molar-refractivity contribution >= 4 is 17.8 Å². The number of rotatable bonds is 7. The minimum atomic E-state index is -0.496. The number of imide groups is 1. The van der Waals surface area contributed by atoms with E-state index in [9.17, 15) is 19.5 Å². The number of methoxy groups -OCH3 is 1. The molecule has 2 fully saturated rings. The Morgan fingerprint density at radius 3 is 2.57 bits per heavy atom. The maximum atomic E-state index is 13.1. The van der Waals surface area contributed by atoms with E-state index in [0.29, 0.717) is 25.0 Å². The van der Waals surface area contributed by atoms with Crippen LogP contribution in [-0.4, -0.2) is 41.4 Å². The molecule has 188 valence electrons. The molecule has 2 saturated carbocycles. The first-order valence-corrected chi connectivity index (χ1v) is 12.7. The maximum Gasteiger partial charge on any atom is 0.311 e. The van der Waals surface area contributed by atoms with Crippen LogP contribution in [0.1, 0.15) is 64.4 Å². The van der Waals surface area contributed by atoms with Gasteiger partial charge in [0.25, 0.3) is 11.8 Å². The molecule has 2 amide bonds. The summed E-state index contributed by atoms with van der Waals surface area (Å²) in [5.74, 6) is 0.00867. The summed E-state index contributed by atoms with van der Waals surface area (Å²) < 4.78 is 5.22. The number of nitrogens with zero attached hydrogens (tertiary/aromatic N) is 1. The molecule has 1 aromatic rings. The lowest BCUT2D eigenvalue weighted by Crippen LogP contribution is -2.53. The van der Waals surface area contributed by atoms with Gasteiger partial charge in [-0.1, -0.05) is 37.6 Å². The van der Waals surface area contributed by atoms with Crippen LogP contribution in [0.5, 0.6) is 5.75 Å². The number of allylic oxidation sites excluding steroid dienone is 1. The highest BCUT2D eigenvalue weighted by Crippen LogP contribution is 2.62. The molecule has 0 unspecified atom stereocenters. The Hall–Kier alpha value is -2.89. The van der Waals surface area contributed by atoms with Gasteiger partial charge in [-0.2, -0.15) is 0 Å². The van der Waals surface area contributed by atoms with E-state index >= 15 is 0 Å². The first kappa shape index (κ1) is 25.2. The van der Waals surface area contributed by atoms with Gasteiger partial charge in [0.05, 0.1) is 12.5 Å². The second-order valence-electron chi connectivity index (χ2n) is 11.0. The summed E-state index contributed by atoms with van der Waals surface area (Å²) in [6.45, 7) is 9.05. The number of carbonyl (C=O) groups excluding carboxylic acids is 3. The van der Waals surface area contributed by atoms with Crippen molar-refractivity contribution in [1.82, 2.24) is 4.90 Å². The summed E-state index contributed by atoms with van der Waals surface area (Å²) in [5, 5.41) is 9.44.